The maximum atomic E-state index is 12.3. The van der Waals surface area contributed by atoms with E-state index >= 15 is 0 Å². The number of amides is 1. The van der Waals surface area contributed by atoms with Gasteiger partial charge in [0.1, 0.15) is 5.75 Å². The second-order valence-electron chi connectivity index (χ2n) is 5.20. The van der Waals surface area contributed by atoms with Gasteiger partial charge in [0, 0.05) is 26.1 Å². The van der Waals surface area contributed by atoms with Gasteiger partial charge in [-0.15, -0.1) is 12.4 Å². The number of carbonyl (C=O) groups excluding carboxylic acids is 1. The van der Waals surface area contributed by atoms with Crippen molar-refractivity contribution in [2.45, 2.75) is 19.3 Å². The van der Waals surface area contributed by atoms with Crippen LogP contribution in [-0.4, -0.2) is 39.3 Å². The number of halogens is 1. The molecule has 124 valence electrons. The van der Waals surface area contributed by atoms with Gasteiger partial charge in [-0.05, 0) is 38.1 Å². The standard InChI is InChI=1S/C16H24N2O3.ClH/c1-20-11-4-12-21-15-6-3-2-5-14(15)18-16(19)13-7-9-17-10-8-13;/h2-3,5-6,13,17H,4,7-12H2,1H3,(H,18,19);1H. The fourth-order valence-corrected chi connectivity index (χ4v) is 2.40. The first-order valence-corrected chi connectivity index (χ1v) is 7.53. The quantitative estimate of drug-likeness (QED) is 0.755. The van der Waals surface area contributed by atoms with Crippen molar-refractivity contribution >= 4 is 24.0 Å². The monoisotopic (exact) mass is 328 g/mol. The zero-order valence-electron chi connectivity index (χ0n) is 13.0. The fourth-order valence-electron chi connectivity index (χ4n) is 2.40. The first-order valence-electron chi connectivity index (χ1n) is 7.53. The summed E-state index contributed by atoms with van der Waals surface area (Å²) in [7, 11) is 1.67. The van der Waals surface area contributed by atoms with Crippen LogP contribution in [0.2, 0.25) is 0 Å². The summed E-state index contributed by atoms with van der Waals surface area (Å²) in [5.74, 6) is 0.896. The van der Waals surface area contributed by atoms with E-state index < -0.39 is 0 Å². The Kier molecular flexibility index (Phi) is 8.89. The van der Waals surface area contributed by atoms with Crippen LogP contribution >= 0.6 is 12.4 Å². The van der Waals surface area contributed by atoms with Crippen LogP contribution in [0.3, 0.4) is 0 Å². The Hall–Kier alpha value is -1.30. The molecule has 22 heavy (non-hydrogen) atoms. The van der Waals surface area contributed by atoms with Crippen LogP contribution in [0.5, 0.6) is 5.75 Å². The van der Waals surface area contributed by atoms with E-state index in [1.54, 1.807) is 7.11 Å². The molecule has 0 radical (unpaired) electrons. The number of hydrogen-bond acceptors (Lipinski definition) is 4. The molecule has 1 aliphatic rings. The van der Waals surface area contributed by atoms with Gasteiger partial charge in [0.2, 0.25) is 5.91 Å². The maximum Gasteiger partial charge on any atom is 0.227 e. The van der Waals surface area contributed by atoms with Gasteiger partial charge in [-0.25, -0.2) is 0 Å². The summed E-state index contributed by atoms with van der Waals surface area (Å²) >= 11 is 0. The van der Waals surface area contributed by atoms with Crippen LogP contribution < -0.4 is 15.4 Å². The number of hydrogen-bond donors (Lipinski definition) is 2. The molecule has 2 N–H and O–H groups in total. The second-order valence-corrected chi connectivity index (χ2v) is 5.20. The number of anilines is 1. The molecule has 1 saturated heterocycles. The molecule has 0 aromatic heterocycles. The lowest BCUT2D eigenvalue weighted by molar-refractivity contribution is -0.120. The molecule has 1 aromatic carbocycles. The first kappa shape index (κ1) is 18.7. The van der Waals surface area contributed by atoms with Crippen LogP contribution in [-0.2, 0) is 9.53 Å². The molecule has 6 heteroatoms. The van der Waals surface area contributed by atoms with E-state index in [2.05, 4.69) is 10.6 Å². The van der Waals surface area contributed by atoms with Gasteiger partial charge in [-0.1, -0.05) is 12.1 Å². The number of piperidine rings is 1. The van der Waals surface area contributed by atoms with Gasteiger partial charge in [0.05, 0.1) is 12.3 Å². The maximum absolute atomic E-state index is 12.3. The van der Waals surface area contributed by atoms with E-state index in [4.69, 9.17) is 9.47 Å². The van der Waals surface area contributed by atoms with Crippen molar-refractivity contribution in [2.24, 2.45) is 5.92 Å². The highest BCUT2D eigenvalue weighted by Gasteiger charge is 2.21. The first-order chi connectivity index (χ1) is 10.3. The molecule has 0 unspecified atom stereocenters. The lowest BCUT2D eigenvalue weighted by Gasteiger charge is -2.22. The van der Waals surface area contributed by atoms with Crippen LogP contribution in [0.4, 0.5) is 5.69 Å². The number of ether oxygens (including phenoxy) is 2. The van der Waals surface area contributed by atoms with Crippen molar-refractivity contribution in [1.29, 1.82) is 0 Å². The Bertz CT molecular complexity index is 451. The molecule has 5 nitrogen and oxygen atoms in total. The number of carbonyl (C=O) groups is 1. The summed E-state index contributed by atoms with van der Waals surface area (Å²) in [4.78, 5) is 12.3. The van der Waals surface area contributed by atoms with Crippen LogP contribution in [0.25, 0.3) is 0 Å². The number of methoxy groups -OCH3 is 1. The number of benzene rings is 1. The Balaban J connectivity index is 0.00000242. The van der Waals surface area contributed by atoms with Crippen molar-refractivity contribution in [3.63, 3.8) is 0 Å². The Morgan fingerprint density at radius 3 is 2.73 bits per heavy atom. The largest absolute Gasteiger partial charge is 0.491 e. The van der Waals surface area contributed by atoms with E-state index in [1.165, 1.54) is 0 Å². The Morgan fingerprint density at radius 1 is 1.27 bits per heavy atom. The van der Waals surface area contributed by atoms with Crippen LogP contribution in [0, 0.1) is 5.92 Å². The van der Waals surface area contributed by atoms with E-state index in [0.717, 1.165) is 43.8 Å². The fraction of sp³-hybridized carbons (Fsp3) is 0.562. The summed E-state index contributed by atoms with van der Waals surface area (Å²) in [5.41, 5.74) is 0.749. The predicted octanol–water partition coefficient (Wildman–Crippen LogP) is 2.46. The van der Waals surface area contributed by atoms with Crippen molar-refractivity contribution in [1.82, 2.24) is 5.32 Å². The minimum atomic E-state index is 0. The second kappa shape index (κ2) is 10.4. The van der Waals surface area contributed by atoms with E-state index in [1.807, 2.05) is 24.3 Å². The van der Waals surface area contributed by atoms with E-state index in [0.29, 0.717) is 13.2 Å². The molecule has 0 bridgehead atoms. The van der Waals surface area contributed by atoms with Gasteiger partial charge < -0.3 is 20.1 Å². The minimum Gasteiger partial charge on any atom is -0.491 e. The smallest absolute Gasteiger partial charge is 0.227 e. The molecule has 1 heterocycles. The van der Waals surface area contributed by atoms with Crippen molar-refractivity contribution < 1.29 is 14.3 Å². The lowest BCUT2D eigenvalue weighted by atomic mass is 9.97. The molecular formula is C16H25ClN2O3. The highest BCUT2D eigenvalue weighted by Crippen LogP contribution is 2.25. The minimum absolute atomic E-state index is 0. The molecule has 0 spiro atoms. The topological polar surface area (TPSA) is 59.6 Å². The Labute approximate surface area is 138 Å². The van der Waals surface area contributed by atoms with Gasteiger partial charge in [-0.3, -0.25) is 4.79 Å². The zero-order chi connectivity index (χ0) is 14.9. The van der Waals surface area contributed by atoms with Crippen molar-refractivity contribution in [3.8, 4) is 5.75 Å². The van der Waals surface area contributed by atoms with Gasteiger partial charge in [0.25, 0.3) is 0 Å². The molecule has 2 rings (SSSR count). The van der Waals surface area contributed by atoms with Crippen LogP contribution in [0.1, 0.15) is 19.3 Å². The third kappa shape index (κ3) is 5.83. The molecule has 0 saturated carbocycles. The molecule has 1 amide bonds. The molecular weight excluding hydrogens is 304 g/mol. The van der Waals surface area contributed by atoms with Crippen molar-refractivity contribution in [3.05, 3.63) is 24.3 Å². The molecule has 0 aliphatic carbocycles. The summed E-state index contributed by atoms with van der Waals surface area (Å²) in [6.45, 7) is 3.07. The molecule has 1 aromatic rings. The summed E-state index contributed by atoms with van der Waals surface area (Å²) in [6.07, 6.45) is 2.61. The normalized spacial score (nSPS) is 15.0. The highest BCUT2D eigenvalue weighted by atomic mass is 35.5. The number of rotatable bonds is 7. The molecule has 1 aliphatic heterocycles. The van der Waals surface area contributed by atoms with Crippen LogP contribution in [0.15, 0.2) is 24.3 Å². The summed E-state index contributed by atoms with van der Waals surface area (Å²) in [5, 5.41) is 6.27. The molecule has 0 atom stereocenters. The van der Waals surface area contributed by atoms with Gasteiger partial charge >= 0.3 is 0 Å². The SMILES string of the molecule is COCCCOc1ccccc1NC(=O)C1CCNCC1.Cl. The van der Waals surface area contributed by atoms with E-state index in [9.17, 15) is 4.79 Å². The molecule has 1 fully saturated rings. The van der Waals surface area contributed by atoms with Gasteiger partial charge in [0.15, 0.2) is 0 Å². The summed E-state index contributed by atoms with van der Waals surface area (Å²) < 4.78 is 10.7. The third-order valence-corrected chi connectivity index (χ3v) is 3.61. The summed E-state index contributed by atoms with van der Waals surface area (Å²) in [6, 6.07) is 7.57. The zero-order valence-corrected chi connectivity index (χ0v) is 13.8. The van der Waals surface area contributed by atoms with Crippen molar-refractivity contribution in [2.75, 3.05) is 38.7 Å². The Morgan fingerprint density at radius 2 is 2.00 bits per heavy atom. The lowest BCUT2D eigenvalue weighted by Crippen LogP contribution is -2.34. The average molecular weight is 329 g/mol. The third-order valence-electron chi connectivity index (χ3n) is 3.61. The van der Waals surface area contributed by atoms with Gasteiger partial charge in [-0.2, -0.15) is 0 Å². The predicted molar refractivity (Wildman–Crippen MR) is 89.9 cm³/mol. The number of nitrogens with one attached hydrogen (secondary N) is 2. The average Bonchev–Trinajstić information content (AvgIpc) is 2.54. The van der Waals surface area contributed by atoms with E-state index in [-0.39, 0.29) is 24.2 Å². The number of para-hydroxylation sites is 2. The highest BCUT2D eigenvalue weighted by molar-refractivity contribution is 5.94.